The smallest absolute Gasteiger partial charge is 0.272 e. The molecule has 1 aromatic heterocycles. The van der Waals surface area contributed by atoms with Crippen LogP contribution in [0.25, 0.3) is 0 Å². The lowest BCUT2D eigenvalue weighted by Crippen LogP contribution is -2.28. The van der Waals surface area contributed by atoms with Crippen LogP contribution in [0.2, 0.25) is 0 Å². The van der Waals surface area contributed by atoms with Crippen LogP contribution in [-0.2, 0) is 0 Å². The van der Waals surface area contributed by atoms with Gasteiger partial charge in [0.2, 0.25) is 0 Å². The third-order valence-corrected chi connectivity index (χ3v) is 3.81. The molecule has 1 N–H and O–H groups in total. The van der Waals surface area contributed by atoms with Gasteiger partial charge in [0.05, 0.1) is 24.7 Å². The topological polar surface area (TPSA) is 54.5 Å². The van der Waals surface area contributed by atoms with Crippen molar-refractivity contribution in [3.63, 3.8) is 0 Å². The molecule has 128 valence electrons. The van der Waals surface area contributed by atoms with E-state index in [1.807, 2.05) is 38.2 Å². The standard InChI is InChI=1S/C19H25N3O2/c1-5-6-11-22(3)19(23)16-9-8-15(13-20-16)21-17-12-14(2)7-10-18(17)24-4/h7-10,12-13,21H,5-6,11H2,1-4H3. The molecule has 1 heterocycles. The number of benzene rings is 1. The van der Waals surface area contributed by atoms with Gasteiger partial charge < -0.3 is 15.0 Å². The van der Waals surface area contributed by atoms with Gasteiger partial charge in [-0.15, -0.1) is 0 Å². The highest BCUT2D eigenvalue weighted by Gasteiger charge is 2.12. The predicted octanol–water partition coefficient (Wildman–Crippen LogP) is 4.01. The van der Waals surface area contributed by atoms with Crippen LogP contribution in [0.3, 0.4) is 0 Å². The molecule has 5 heteroatoms. The minimum atomic E-state index is -0.0527. The van der Waals surface area contributed by atoms with Gasteiger partial charge in [0.15, 0.2) is 0 Å². The molecule has 0 radical (unpaired) electrons. The number of pyridine rings is 1. The van der Waals surface area contributed by atoms with E-state index < -0.39 is 0 Å². The summed E-state index contributed by atoms with van der Waals surface area (Å²) in [5.41, 5.74) is 3.27. The Labute approximate surface area is 143 Å². The second kappa shape index (κ2) is 8.34. The van der Waals surface area contributed by atoms with Crippen molar-refractivity contribution in [3.05, 3.63) is 47.8 Å². The Kier molecular flexibility index (Phi) is 6.18. The molecule has 0 aliphatic carbocycles. The van der Waals surface area contributed by atoms with Crippen molar-refractivity contribution in [2.24, 2.45) is 0 Å². The maximum Gasteiger partial charge on any atom is 0.272 e. The van der Waals surface area contributed by atoms with Crippen LogP contribution >= 0.6 is 0 Å². The van der Waals surface area contributed by atoms with Crippen molar-refractivity contribution < 1.29 is 9.53 Å². The van der Waals surface area contributed by atoms with Crippen molar-refractivity contribution in [2.45, 2.75) is 26.7 Å². The molecular formula is C19H25N3O2. The monoisotopic (exact) mass is 327 g/mol. The zero-order chi connectivity index (χ0) is 17.5. The maximum absolute atomic E-state index is 12.3. The number of nitrogens with zero attached hydrogens (tertiary/aromatic N) is 2. The molecule has 5 nitrogen and oxygen atoms in total. The first-order chi connectivity index (χ1) is 11.5. The Bertz CT molecular complexity index is 684. The molecule has 2 rings (SSSR count). The number of methoxy groups -OCH3 is 1. The van der Waals surface area contributed by atoms with Gasteiger partial charge in [-0.3, -0.25) is 4.79 Å². The first-order valence-electron chi connectivity index (χ1n) is 8.18. The van der Waals surface area contributed by atoms with Crippen LogP contribution in [0.5, 0.6) is 5.75 Å². The zero-order valence-corrected chi connectivity index (χ0v) is 14.8. The Hall–Kier alpha value is -2.56. The van der Waals surface area contributed by atoms with Crippen molar-refractivity contribution in [2.75, 3.05) is 26.0 Å². The number of ether oxygens (including phenoxy) is 1. The van der Waals surface area contributed by atoms with Gasteiger partial charge in [-0.2, -0.15) is 0 Å². The van der Waals surface area contributed by atoms with E-state index in [9.17, 15) is 4.79 Å². The van der Waals surface area contributed by atoms with Gasteiger partial charge in [0.25, 0.3) is 5.91 Å². The number of aryl methyl sites for hydroxylation is 1. The third kappa shape index (κ3) is 4.47. The van der Waals surface area contributed by atoms with Crippen LogP contribution in [0.4, 0.5) is 11.4 Å². The van der Waals surface area contributed by atoms with Crippen LogP contribution in [-0.4, -0.2) is 36.5 Å². The number of unbranched alkanes of at least 4 members (excludes halogenated alkanes) is 1. The van der Waals surface area contributed by atoms with Gasteiger partial charge in [-0.1, -0.05) is 19.4 Å². The summed E-state index contributed by atoms with van der Waals surface area (Å²) >= 11 is 0. The molecule has 0 aliphatic heterocycles. The fourth-order valence-corrected chi connectivity index (χ4v) is 2.36. The van der Waals surface area contributed by atoms with Crippen LogP contribution in [0.1, 0.15) is 35.8 Å². The van der Waals surface area contributed by atoms with Crippen molar-refractivity contribution in [1.29, 1.82) is 0 Å². The van der Waals surface area contributed by atoms with E-state index in [4.69, 9.17) is 4.74 Å². The van der Waals surface area contributed by atoms with Gasteiger partial charge in [-0.05, 0) is 43.2 Å². The molecule has 0 aliphatic rings. The second-order valence-corrected chi connectivity index (χ2v) is 5.84. The number of carbonyl (C=O) groups is 1. The summed E-state index contributed by atoms with van der Waals surface area (Å²) in [6.45, 7) is 4.88. The highest BCUT2D eigenvalue weighted by molar-refractivity contribution is 5.92. The zero-order valence-electron chi connectivity index (χ0n) is 14.8. The number of nitrogens with one attached hydrogen (secondary N) is 1. The summed E-state index contributed by atoms with van der Waals surface area (Å²) in [4.78, 5) is 18.3. The molecule has 1 aromatic carbocycles. The van der Waals surface area contributed by atoms with E-state index in [1.165, 1.54) is 0 Å². The van der Waals surface area contributed by atoms with Crippen LogP contribution in [0.15, 0.2) is 36.5 Å². The fourth-order valence-electron chi connectivity index (χ4n) is 2.36. The van der Waals surface area contributed by atoms with Gasteiger partial charge in [-0.25, -0.2) is 4.98 Å². The minimum Gasteiger partial charge on any atom is -0.495 e. The Morgan fingerprint density at radius 1 is 1.29 bits per heavy atom. The molecule has 0 unspecified atom stereocenters. The molecule has 0 atom stereocenters. The van der Waals surface area contributed by atoms with E-state index in [0.29, 0.717) is 5.69 Å². The minimum absolute atomic E-state index is 0.0527. The third-order valence-electron chi connectivity index (χ3n) is 3.81. The Morgan fingerprint density at radius 2 is 2.08 bits per heavy atom. The molecule has 0 bridgehead atoms. The highest BCUT2D eigenvalue weighted by Crippen LogP contribution is 2.28. The van der Waals surface area contributed by atoms with E-state index in [-0.39, 0.29) is 5.91 Å². The van der Waals surface area contributed by atoms with Gasteiger partial charge >= 0.3 is 0 Å². The molecular weight excluding hydrogens is 302 g/mol. The fraction of sp³-hybridized carbons (Fsp3) is 0.368. The van der Waals surface area contributed by atoms with Crippen molar-refractivity contribution >= 4 is 17.3 Å². The molecule has 1 amide bonds. The summed E-state index contributed by atoms with van der Waals surface area (Å²) in [6.07, 6.45) is 3.73. The van der Waals surface area contributed by atoms with E-state index in [0.717, 1.165) is 42.1 Å². The highest BCUT2D eigenvalue weighted by atomic mass is 16.5. The lowest BCUT2D eigenvalue weighted by atomic mass is 10.2. The number of anilines is 2. The number of aromatic nitrogens is 1. The van der Waals surface area contributed by atoms with E-state index in [2.05, 4.69) is 17.2 Å². The van der Waals surface area contributed by atoms with E-state index >= 15 is 0 Å². The number of amides is 1. The van der Waals surface area contributed by atoms with E-state index in [1.54, 1.807) is 24.3 Å². The first-order valence-corrected chi connectivity index (χ1v) is 8.18. The summed E-state index contributed by atoms with van der Waals surface area (Å²) in [7, 11) is 3.45. The molecule has 0 fully saturated rings. The van der Waals surface area contributed by atoms with Crippen LogP contribution in [0, 0.1) is 6.92 Å². The second-order valence-electron chi connectivity index (χ2n) is 5.84. The van der Waals surface area contributed by atoms with Gasteiger partial charge in [0.1, 0.15) is 11.4 Å². The van der Waals surface area contributed by atoms with Crippen molar-refractivity contribution in [3.8, 4) is 5.75 Å². The Balaban J connectivity index is 2.10. The molecule has 24 heavy (non-hydrogen) atoms. The number of rotatable bonds is 7. The number of hydrogen-bond acceptors (Lipinski definition) is 4. The normalized spacial score (nSPS) is 10.3. The summed E-state index contributed by atoms with van der Waals surface area (Å²) < 4.78 is 5.36. The first kappa shape index (κ1) is 17.8. The number of hydrogen-bond donors (Lipinski definition) is 1. The largest absolute Gasteiger partial charge is 0.495 e. The maximum atomic E-state index is 12.3. The molecule has 2 aromatic rings. The molecule has 0 saturated carbocycles. The predicted molar refractivity (Wildman–Crippen MR) is 97.1 cm³/mol. The summed E-state index contributed by atoms with van der Waals surface area (Å²) in [5.74, 6) is 0.711. The van der Waals surface area contributed by atoms with Crippen molar-refractivity contribution in [1.82, 2.24) is 9.88 Å². The lowest BCUT2D eigenvalue weighted by Gasteiger charge is -2.16. The summed E-state index contributed by atoms with van der Waals surface area (Å²) in [6, 6.07) is 9.53. The average molecular weight is 327 g/mol. The molecule has 0 saturated heterocycles. The number of carbonyl (C=O) groups excluding carboxylic acids is 1. The van der Waals surface area contributed by atoms with Gasteiger partial charge in [0, 0.05) is 13.6 Å². The molecule has 0 spiro atoms. The summed E-state index contributed by atoms with van der Waals surface area (Å²) in [5, 5.41) is 3.28. The average Bonchev–Trinajstić information content (AvgIpc) is 2.60. The van der Waals surface area contributed by atoms with Crippen LogP contribution < -0.4 is 10.1 Å². The SMILES string of the molecule is CCCCN(C)C(=O)c1ccc(Nc2cc(C)ccc2OC)cn1. The quantitative estimate of drug-likeness (QED) is 0.834. The Morgan fingerprint density at radius 3 is 2.71 bits per heavy atom. The lowest BCUT2D eigenvalue weighted by molar-refractivity contribution is 0.0787.